The Labute approximate surface area is 142 Å². The monoisotopic (exact) mass is 322 g/mol. The Morgan fingerprint density at radius 3 is 2.58 bits per heavy atom. The number of benzene rings is 2. The molecule has 1 aliphatic rings. The highest BCUT2D eigenvalue weighted by Gasteiger charge is 2.11. The first-order valence-corrected chi connectivity index (χ1v) is 8.20. The summed E-state index contributed by atoms with van der Waals surface area (Å²) in [5, 5.41) is 2.95. The van der Waals surface area contributed by atoms with Crippen LogP contribution in [-0.4, -0.2) is 32.2 Å². The Morgan fingerprint density at radius 1 is 1.08 bits per heavy atom. The summed E-state index contributed by atoms with van der Waals surface area (Å²) in [6.07, 6.45) is 1.64. The van der Waals surface area contributed by atoms with E-state index in [1.54, 1.807) is 6.08 Å². The van der Waals surface area contributed by atoms with Crippen LogP contribution in [0.5, 0.6) is 0 Å². The first-order chi connectivity index (χ1) is 11.7. The molecule has 1 amide bonds. The molecule has 4 nitrogen and oxygen atoms in total. The normalized spacial score (nSPS) is 15.2. The molecule has 0 radical (unpaired) electrons. The van der Waals surface area contributed by atoms with Crippen LogP contribution in [0.25, 0.3) is 5.57 Å². The molecule has 124 valence electrons. The van der Waals surface area contributed by atoms with Gasteiger partial charge in [-0.1, -0.05) is 36.4 Å². The van der Waals surface area contributed by atoms with Crippen LogP contribution in [0.1, 0.15) is 12.5 Å². The molecule has 2 aromatic rings. The molecule has 1 aliphatic heterocycles. The molecular formula is C20H22N2O2. The molecule has 1 saturated heterocycles. The highest BCUT2D eigenvalue weighted by molar-refractivity contribution is 6.04. The number of allylic oxidation sites excluding steroid dienone is 1. The van der Waals surface area contributed by atoms with Gasteiger partial charge in [0.1, 0.15) is 0 Å². The van der Waals surface area contributed by atoms with Gasteiger partial charge >= 0.3 is 0 Å². The van der Waals surface area contributed by atoms with Gasteiger partial charge in [-0.25, -0.2) is 0 Å². The molecule has 0 atom stereocenters. The van der Waals surface area contributed by atoms with Gasteiger partial charge < -0.3 is 15.0 Å². The Balaban J connectivity index is 1.68. The molecule has 1 fully saturated rings. The average molecular weight is 322 g/mol. The van der Waals surface area contributed by atoms with Gasteiger partial charge in [0.15, 0.2) is 0 Å². The summed E-state index contributed by atoms with van der Waals surface area (Å²) < 4.78 is 5.38. The van der Waals surface area contributed by atoms with Gasteiger partial charge in [0.2, 0.25) is 5.91 Å². The number of carbonyl (C=O) groups excluding carboxylic acids is 1. The maximum Gasteiger partial charge on any atom is 0.248 e. The summed E-state index contributed by atoms with van der Waals surface area (Å²) in [5.74, 6) is -0.115. The third kappa shape index (κ3) is 4.24. The van der Waals surface area contributed by atoms with Crippen molar-refractivity contribution < 1.29 is 9.53 Å². The number of ether oxygens (including phenoxy) is 1. The summed E-state index contributed by atoms with van der Waals surface area (Å²) in [6.45, 7) is 5.19. The number of morpholine rings is 1. The summed E-state index contributed by atoms with van der Waals surface area (Å²) in [7, 11) is 0. The lowest BCUT2D eigenvalue weighted by molar-refractivity contribution is -0.111. The number of hydrogen-bond acceptors (Lipinski definition) is 3. The van der Waals surface area contributed by atoms with Crippen LogP contribution >= 0.6 is 0 Å². The van der Waals surface area contributed by atoms with Gasteiger partial charge in [-0.2, -0.15) is 0 Å². The Morgan fingerprint density at radius 2 is 1.83 bits per heavy atom. The van der Waals surface area contributed by atoms with Crippen molar-refractivity contribution in [2.75, 3.05) is 36.5 Å². The van der Waals surface area contributed by atoms with E-state index in [2.05, 4.69) is 16.3 Å². The van der Waals surface area contributed by atoms with Crippen molar-refractivity contribution in [3.05, 3.63) is 66.2 Å². The highest BCUT2D eigenvalue weighted by Crippen LogP contribution is 2.21. The van der Waals surface area contributed by atoms with Crippen molar-refractivity contribution in [2.24, 2.45) is 0 Å². The predicted molar refractivity (Wildman–Crippen MR) is 98.2 cm³/mol. The van der Waals surface area contributed by atoms with Gasteiger partial charge in [-0.3, -0.25) is 4.79 Å². The molecule has 2 aromatic carbocycles. The second-order valence-electron chi connectivity index (χ2n) is 5.83. The van der Waals surface area contributed by atoms with E-state index < -0.39 is 0 Å². The number of nitrogens with one attached hydrogen (secondary N) is 1. The lowest BCUT2D eigenvalue weighted by Gasteiger charge is -2.29. The number of hydrogen-bond donors (Lipinski definition) is 1. The number of carbonyl (C=O) groups is 1. The zero-order chi connectivity index (χ0) is 16.8. The van der Waals surface area contributed by atoms with Crippen LogP contribution in [0.2, 0.25) is 0 Å². The SMILES string of the molecule is C/C(=C\C(=O)Nc1cccc(N2CCOCC2)c1)c1ccccc1. The smallest absolute Gasteiger partial charge is 0.248 e. The number of nitrogens with zero attached hydrogens (tertiary/aromatic N) is 1. The van der Waals surface area contributed by atoms with Gasteiger partial charge in [0.25, 0.3) is 0 Å². The number of anilines is 2. The van der Waals surface area contributed by atoms with Crippen LogP contribution in [0.4, 0.5) is 11.4 Å². The second-order valence-corrected chi connectivity index (χ2v) is 5.83. The first-order valence-electron chi connectivity index (χ1n) is 8.20. The van der Waals surface area contributed by atoms with Crippen molar-refractivity contribution in [3.8, 4) is 0 Å². The van der Waals surface area contributed by atoms with Gasteiger partial charge in [0, 0.05) is 30.5 Å². The molecule has 0 unspecified atom stereocenters. The lowest BCUT2D eigenvalue weighted by atomic mass is 10.1. The van der Waals surface area contributed by atoms with E-state index in [0.717, 1.165) is 48.8 Å². The Kier molecular flexibility index (Phi) is 5.29. The van der Waals surface area contributed by atoms with Crippen molar-refractivity contribution in [1.29, 1.82) is 0 Å². The maximum atomic E-state index is 12.3. The van der Waals surface area contributed by atoms with Gasteiger partial charge in [0.05, 0.1) is 13.2 Å². The minimum Gasteiger partial charge on any atom is -0.378 e. The zero-order valence-electron chi connectivity index (χ0n) is 13.9. The number of rotatable bonds is 4. The molecule has 3 rings (SSSR count). The van der Waals surface area contributed by atoms with E-state index in [4.69, 9.17) is 4.74 Å². The largest absolute Gasteiger partial charge is 0.378 e. The minimum atomic E-state index is -0.115. The van der Waals surface area contributed by atoms with E-state index in [0.29, 0.717) is 0 Å². The van der Waals surface area contributed by atoms with Crippen molar-refractivity contribution in [1.82, 2.24) is 0 Å². The molecule has 1 N–H and O–H groups in total. The predicted octanol–water partition coefficient (Wildman–Crippen LogP) is 3.57. The molecular weight excluding hydrogens is 300 g/mol. The first kappa shape index (κ1) is 16.3. The molecule has 0 aliphatic carbocycles. The summed E-state index contributed by atoms with van der Waals surface area (Å²) in [5.41, 5.74) is 3.91. The average Bonchev–Trinajstić information content (AvgIpc) is 2.63. The summed E-state index contributed by atoms with van der Waals surface area (Å²) >= 11 is 0. The highest BCUT2D eigenvalue weighted by atomic mass is 16.5. The van der Waals surface area contributed by atoms with E-state index in [1.807, 2.05) is 55.5 Å². The van der Waals surface area contributed by atoms with Crippen molar-refractivity contribution in [2.45, 2.75) is 6.92 Å². The lowest BCUT2D eigenvalue weighted by Crippen LogP contribution is -2.36. The molecule has 4 heteroatoms. The zero-order valence-corrected chi connectivity index (χ0v) is 13.9. The molecule has 0 aromatic heterocycles. The molecule has 0 spiro atoms. The topological polar surface area (TPSA) is 41.6 Å². The van der Waals surface area contributed by atoms with Crippen LogP contribution < -0.4 is 10.2 Å². The number of amides is 1. The Bertz CT molecular complexity index is 719. The minimum absolute atomic E-state index is 0.115. The molecule has 0 saturated carbocycles. The van der Waals surface area contributed by atoms with Crippen LogP contribution in [0, 0.1) is 0 Å². The summed E-state index contributed by atoms with van der Waals surface area (Å²) in [4.78, 5) is 14.5. The van der Waals surface area contributed by atoms with E-state index >= 15 is 0 Å². The fourth-order valence-electron chi connectivity index (χ4n) is 2.76. The van der Waals surface area contributed by atoms with E-state index in [-0.39, 0.29) is 5.91 Å². The van der Waals surface area contributed by atoms with E-state index in [9.17, 15) is 4.79 Å². The third-order valence-corrected chi connectivity index (χ3v) is 4.07. The molecule has 24 heavy (non-hydrogen) atoms. The maximum absolute atomic E-state index is 12.3. The standard InChI is InChI=1S/C20H22N2O2/c1-16(17-6-3-2-4-7-17)14-20(23)21-18-8-5-9-19(15-18)22-10-12-24-13-11-22/h2-9,14-15H,10-13H2,1H3,(H,21,23)/b16-14+. The quantitative estimate of drug-likeness (QED) is 0.875. The van der Waals surface area contributed by atoms with Crippen molar-refractivity contribution in [3.63, 3.8) is 0 Å². The van der Waals surface area contributed by atoms with Crippen LogP contribution in [0.15, 0.2) is 60.7 Å². The fraction of sp³-hybridized carbons (Fsp3) is 0.250. The van der Waals surface area contributed by atoms with Crippen molar-refractivity contribution >= 4 is 22.9 Å². The Hall–Kier alpha value is -2.59. The fourth-order valence-corrected chi connectivity index (χ4v) is 2.76. The van der Waals surface area contributed by atoms with Gasteiger partial charge in [-0.05, 0) is 36.3 Å². The van der Waals surface area contributed by atoms with Gasteiger partial charge in [-0.15, -0.1) is 0 Å². The third-order valence-electron chi connectivity index (χ3n) is 4.07. The summed E-state index contributed by atoms with van der Waals surface area (Å²) in [6, 6.07) is 17.8. The molecule has 0 bridgehead atoms. The van der Waals surface area contributed by atoms with Crippen LogP contribution in [0.3, 0.4) is 0 Å². The van der Waals surface area contributed by atoms with Crippen LogP contribution in [-0.2, 0) is 9.53 Å². The molecule has 1 heterocycles. The second kappa shape index (κ2) is 7.79. The van der Waals surface area contributed by atoms with E-state index in [1.165, 1.54) is 0 Å².